The lowest BCUT2D eigenvalue weighted by Crippen LogP contribution is -2.45. The summed E-state index contributed by atoms with van der Waals surface area (Å²) in [6.07, 6.45) is 6.52. The van der Waals surface area contributed by atoms with Crippen LogP contribution in [0.2, 0.25) is 0 Å². The average molecular weight is 438 g/mol. The van der Waals surface area contributed by atoms with Crippen molar-refractivity contribution in [3.8, 4) is 0 Å². The minimum atomic E-state index is -3.50. The Morgan fingerprint density at radius 2 is 2.10 bits per heavy atom. The zero-order valence-electron chi connectivity index (χ0n) is 16.4. The molecular formula is C19H27N5O3S2. The molecule has 4 heterocycles. The molecule has 10 heteroatoms. The van der Waals surface area contributed by atoms with Crippen LogP contribution in [0.15, 0.2) is 21.7 Å². The summed E-state index contributed by atoms with van der Waals surface area (Å²) in [5.41, 5.74) is 0. The molecule has 0 aliphatic carbocycles. The highest BCUT2D eigenvalue weighted by molar-refractivity contribution is 7.91. The van der Waals surface area contributed by atoms with Gasteiger partial charge in [0.05, 0.1) is 5.92 Å². The van der Waals surface area contributed by atoms with E-state index in [1.165, 1.54) is 22.1 Å². The van der Waals surface area contributed by atoms with Gasteiger partial charge in [-0.3, -0.25) is 4.79 Å². The van der Waals surface area contributed by atoms with Gasteiger partial charge in [0, 0.05) is 39.0 Å². The van der Waals surface area contributed by atoms with Crippen molar-refractivity contribution in [2.45, 2.75) is 55.7 Å². The summed E-state index contributed by atoms with van der Waals surface area (Å²) in [7, 11) is -3.50. The maximum Gasteiger partial charge on any atom is 0.252 e. The van der Waals surface area contributed by atoms with E-state index >= 15 is 0 Å². The minimum Gasteiger partial charge on any atom is -0.355 e. The maximum absolute atomic E-state index is 12.7. The SMILES string of the molecule is O=C(NCCc1nnc2n1CCCCC2)C1CCCN(S(=O)(=O)c2cccs2)C1. The van der Waals surface area contributed by atoms with Crippen molar-refractivity contribution in [1.29, 1.82) is 0 Å². The van der Waals surface area contributed by atoms with E-state index in [0.717, 1.165) is 37.5 Å². The molecule has 2 aromatic rings. The van der Waals surface area contributed by atoms with Crippen LogP contribution in [0.3, 0.4) is 0 Å². The summed E-state index contributed by atoms with van der Waals surface area (Å²) in [4.78, 5) is 12.7. The highest BCUT2D eigenvalue weighted by Crippen LogP contribution is 2.26. The molecule has 1 atom stereocenters. The molecule has 0 saturated carbocycles. The number of nitrogens with zero attached hydrogens (tertiary/aromatic N) is 4. The second-order valence-electron chi connectivity index (χ2n) is 7.67. The Morgan fingerprint density at radius 3 is 2.93 bits per heavy atom. The molecule has 2 aliphatic heterocycles. The number of hydrogen-bond donors (Lipinski definition) is 1. The van der Waals surface area contributed by atoms with Crippen molar-refractivity contribution < 1.29 is 13.2 Å². The molecule has 1 amide bonds. The molecule has 158 valence electrons. The first-order valence-electron chi connectivity index (χ1n) is 10.3. The lowest BCUT2D eigenvalue weighted by molar-refractivity contribution is -0.126. The highest BCUT2D eigenvalue weighted by atomic mass is 32.2. The molecule has 0 spiro atoms. The van der Waals surface area contributed by atoms with Crippen molar-refractivity contribution in [2.24, 2.45) is 5.92 Å². The molecule has 1 saturated heterocycles. The van der Waals surface area contributed by atoms with Gasteiger partial charge in [-0.05, 0) is 37.1 Å². The predicted molar refractivity (Wildman–Crippen MR) is 110 cm³/mol. The first-order chi connectivity index (χ1) is 14.1. The predicted octanol–water partition coefficient (Wildman–Crippen LogP) is 1.83. The summed E-state index contributed by atoms with van der Waals surface area (Å²) in [5.74, 6) is 1.58. The standard InChI is InChI=1S/C19H27N5O3S2/c25-19(20-10-9-17-22-21-16-7-2-1-3-12-24(16)17)15-6-4-11-23(14-15)29(26,27)18-8-5-13-28-18/h5,8,13,15H,1-4,6-7,9-12,14H2,(H,20,25). The second kappa shape index (κ2) is 8.93. The van der Waals surface area contributed by atoms with Crippen LogP contribution in [-0.4, -0.2) is 53.0 Å². The normalized spacial score (nSPS) is 20.8. The van der Waals surface area contributed by atoms with Gasteiger partial charge in [-0.2, -0.15) is 4.31 Å². The lowest BCUT2D eigenvalue weighted by Gasteiger charge is -2.30. The minimum absolute atomic E-state index is 0.0771. The number of sulfonamides is 1. The Hall–Kier alpha value is -1.78. The zero-order chi connectivity index (χ0) is 20.3. The fourth-order valence-electron chi connectivity index (χ4n) is 4.08. The largest absolute Gasteiger partial charge is 0.355 e. The van der Waals surface area contributed by atoms with Gasteiger partial charge in [0.25, 0.3) is 10.0 Å². The van der Waals surface area contributed by atoms with E-state index in [9.17, 15) is 13.2 Å². The van der Waals surface area contributed by atoms with E-state index in [-0.39, 0.29) is 18.4 Å². The second-order valence-corrected chi connectivity index (χ2v) is 10.8. The van der Waals surface area contributed by atoms with Crippen LogP contribution < -0.4 is 5.32 Å². The lowest BCUT2D eigenvalue weighted by atomic mass is 9.99. The van der Waals surface area contributed by atoms with E-state index < -0.39 is 10.0 Å². The summed E-state index contributed by atoms with van der Waals surface area (Å²) in [5, 5.41) is 13.3. The number of fused-ring (bicyclic) bond motifs is 1. The molecular weight excluding hydrogens is 410 g/mol. The van der Waals surface area contributed by atoms with Crippen molar-refractivity contribution in [3.63, 3.8) is 0 Å². The first-order valence-corrected chi connectivity index (χ1v) is 12.6. The number of thiophene rings is 1. The van der Waals surface area contributed by atoms with Crippen molar-refractivity contribution in [3.05, 3.63) is 29.2 Å². The summed E-state index contributed by atoms with van der Waals surface area (Å²) < 4.78 is 29.5. The Labute approximate surface area is 175 Å². The topological polar surface area (TPSA) is 97.2 Å². The highest BCUT2D eigenvalue weighted by Gasteiger charge is 2.33. The van der Waals surface area contributed by atoms with E-state index in [4.69, 9.17) is 0 Å². The number of amides is 1. The number of piperidine rings is 1. The molecule has 0 aromatic carbocycles. The molecule has 4 rings (SSSR count). The molecule has 0 bridgehead atoms. The van der Waals surface area contributed by atoms with E-state index in [2.05, 4.69) is 20.1 Å². The molecule has 1 N–H and O–H groups in total. The van der Waals surface area contributed by atoms with Crippen LogP contribution in [0, 0.1) is 5.92 Å². The third-order valence-electron chi connectivity index (χ3n) is 5.68. The van der Waals surface area contributed by atoms with Gasteiger partial charge < -0.3 is 9.88 Å². The van der Waals surface area contributed by atoms with Crippen molar-refractivity contribution >= 4 is 27.3 Å². The van der Waals surface area contributed by atoms with Crippen LogP contribution in [0.5, 0.6) is 0 Å². The van der Waals surface area contributed by atoms with Crippen LogP contribution in [0.1, 0.15) is 43.8 Å². The van der Waals surface area contributed by atoms with Gasteiger partial charge >= 0.3 is 0 Å². The van der Waals surface area contributed by atoms with Crippen molar-refractivity contribution in [2.75, 3.05) is 19.6 Å². The van der Waals surface area contributed by atoms with Gasteiger partial charge in [0.2, 0.25) is 5.91 Å². The van der Waals surface area contributed by atoms with Gasteiger partial charge in [0.15, 0.2) is 0 Å². The molecule has 1 unspecified atom stereocenters. The number of aryl methyl sites for hydroxylation is 1. The van der Waals surface area contributed by atoms with Crippen LogP contribution in [-0.2, 0) is 34.2 Å². The molecule has 8 nitrogen and oxygen atoms in total. The number of aromatic nitrogens is 3. The Balaban J connectivity index is 1.32. The van der Waals surface area contributed by atoms with Crippen LogP contribution in [0.4, 0.5) is 0 Å². The Morgan fingerprint density at radius 1 is 1.21 bits per heavy atom. The van der Waals surface area contributed by atoms with Gasteiger partial charge in [-0.15, -0.1) is 21.5 Å². The maximum atomic E-state index is 12.7. The monoisotopic (exact) mass is 437 g/mol. The quantitative estimate of drug-likeness (QED) is 0.744. The third-order valence-corrected chi connectivity index (χ3v) is 8.92. The number of carbonyl (C=O) groups is 1. The van der Waals surface area contributed by atoms with Crippen LogP contribution in [0.25, 0.3) is 0 Å². The fourth-order valence-corrected chi connectivity index (χ4v) is 6.75. The smallest absolute Gasteiger partial charge is 0.252 e. The molecule has 2 aliphatic rings. The zero-order valence-corrected chi connectivity index (χ0v) is 18.1. The third kappa shape index (κ3) is 4.54. The van der Waals surface area contributed by atoms with Gasteiger partial charge in [-0.25, -0.2) is 8.42 Å². The van der Waals surface area contributed by atoms with E-state index in [1.54, 1.807) is 17.5 Å². The summed E-state index contributed by atoms with van der Waals surface area (Å²) in [6, 6.07) is 3.35. The number of hydrogen-bond acceptors (Lipinski definition) is 6. The van der Waals surface area contributed by atoms with E-state index in [0.29, 0.717) is 36.6 Å². The molecule has 0 radical (unpaired) electrons. The summed E-state index contributed by atoms with van der Waals surface area (Å²) in [6.45, 7) is 2.15. The Kier molecular flexibility index (Phi) is 6.31. The summed E-state index contributed by atoms with van der Waals surface area (Å²) >= 11 is 1.21. The number of rotatable bonds is 6. The molecule has 2 aromatic heterocycles. The fraction of sp³-hybridized carbons (Fsp3) is 0.632. The van der Waals surface area contributed by atoms with Gasteiger partial charge in [-0.1, -0.05) is 12.5 Å². The van der Waals surface area contributed by atoms with E-state index in [1.807, 2.05) is 0 Å². The van der Waals surface area contributed by atoms with Gasteiger partial charge in [0.1, 0.15) is 15.9 Å². The molecule has 29 heavy (non-hydrogen) atoms. The van der Waals surface area contributed by atoms with Crippen LogP contribution >= 0.6 is 11.3 Å². The average Bonchev–Trinajstić information content (AvgIpc) is 3.34. The first kappa shape index (κ1) is 20.5. The number of nitrogens with one attached hydrogen (secondary N) is 1. The number of carbonyl (C=O) groups excluding carboxylic acids is 1. The van der Waals surface area contributed by atoms with Crippen molar-refractivity contribution in [1.82, 2.24) is 24.4 Å². The molecule has 1 fully saturated rings. The Bertz CT molecular complexity index is 939.